The summed E-state index contributed by atoms with van der Waals surface area (Å²) in [5, 5.41) is 0. The molecule has 0 aliphatic heterocycles. The maximum Gasteiger partial charge on any atom is 0 e. The molecule has 1 aromatic rings. The first-order chi connectivity index (χ1) is 3.93. The Morgan fingerprint density at radius 3 is 2.00 bits per heavy atom. The van der Waals surface area contributed by atoms with Crippen LogP contribution >= 0.6 is 0 Å². The van der Waals surface area contributed by atoms with Crippen molar-refractivity contribution in [2.45, 2.75) is 6.42 Å². The molecule has 0 heterocycles. The second kappa shape index (κ2) is 5.14. The maximum atomic E-state index is 3.76. The van der Waals surface area contributed by atoms with Crippen LogP contribution in [0.5, 0.6) is 0 Å². The molecule has 0 saturated heterocycles. The van der Waals surface area contributed by atoms with E-state index in [1.165, 1.54) is 5.56 Å². The van der Waals surface area contributed by atoms with Gasteiger partial charge >= 0.3 is 0 Å². The smallest absolute Gasteiger partial charge is 0 e. The summed E-state index contributed by atoms with van der Waals surface area (Å²) in [6, 6.07) is 10.2. The van der Waals surface area contributed by atoms with Crippen molar-refractivity contribution in [2.75, 3.05) is 0 Å². The summed E-state index contributed by atoms with van der Waals surface area (Å²) in [5.41, 5.74) is 1.30. The Kier molecular flexibility index (Phi) is 5.32. The molecule has 0 bridgehead atoms. The largest absolute Gasteiger partial charge is 0.339 e. The van der Waals surface area contributed by atoms with Gasteiger partial charge in [0.1, 0.15) is 0 Å². The van der Waals surface area contributed by atoms with Crippen molar-refractivity contribution in [1.82, 2.24) is 0 Å². The van der Waals surface area contributed by atoms with E-state index in [0.717, 1.165) is 6.42 Å². The fourth-order valence-electron chi connectivity index (χ4n) is 0.645. The second-order valence-electron chi connectivity index (χ2n) is 1.74. The van der Waals surface area contributed by atoms with Gasteiger partial charge in [0.05, 0.1) is 0 Å². The van der Waals surface area contributed by atoms with E-state index < -0.39 is 0 Å². The van der Waals surface area contributed by atoms with Crippen molar-refractivity contribution in [2.24, 2.45) is 0 Å². The average molecular weight is 194 g/mol. The fraction of sp³-hybridized carbons (Fsp3) is 0.125. The van der Waals surface area contributed by atoms with Crippen LogP contribution in [0.2, 0.25) is 0 Å². The number of rotatable bonds is 1. The van der Waals surface area contributed by atoms with Crippen molar-refractivity contribution < 1.29 is 32.7 Å². The number of hydrogen-bond acceptors (Lipinski definition) is 0. The van der Waals surface area contributed by atoms with Crippen LogP contribution in [0.3, 0.4) is 0 Å². The third-order valence-electron chi connectivity index (χ3n) is 1.13. The molecule has 0 fully saturated rings. The summed E-state index contributed by atoms with van der Waals surface area (Å²) in [6.45, 7) is 3.76. The van der Waals surface area contributed by atoms with Crippen LogP contribution in [0.25, 0.3) is 0 Å². The van der Waals surface area contributed by atoms with E-state index in [0.29, 0.717) is 0 Å². The summed E-state index contributed by atoms with van der Waals surface area (Å²) in [5.74, 6) is 0. The standard InChI is InChI=1S/C8H9.Y/c1-2-8-6-4-3-5-7-8;/h3-7H,1-2H2;/q-1;. The normalized spacial score (nSPS) is 8.11. The summed E-state index contributed by atoms with van der Waals surface area (Å²) >= 11 is 0. The number of benzene rings is 1. The van der Waals surface area contributed by atoms with Crippen molar-refractivity contribution >= 4 is 0 Å². The van der Waals surface area contributed by atoms with Gasteiger partial charge in [-0.05, 0) is 0 Å². The molecule has 0 spiro atoms. The van der Waals surface area contributed by atoms with Gasteiger partial charge in [0, 0.05) is 32.7 Å². The fourth-order valence-corrected chi connectivity index (χ4v) is 0.645. The van der Waals surface area contributed by atoms with Gasteiger partial charge in [-0.15, -0.1) is 0 Å². The van der Waals surface area contributed by atoms with Gasteiger partial charge in [0.25, 0.3) is 0 Å². The summed E-state index contributed by atoms with van der Waals surface area (Å²) < 4.78 is 0. The zero-order valence-electron chi connectivity index (χ0n) is 5.38. The summed E-state index contributed by atoms with van der Waals surface area (Å²) in [6.07, 6.45) is 0.890. The summed E-state index contributed by atoms with van der Waals surface area (Å²) in [7, 11) is 0. The van der Waals surface area contributed by atoms with Crippen LogP contribution in [0, 0.1) is 6.92 Å². The van der Waals surface area contributed by atoms with Crippen LogP contribution in [0.4, 0.5) is 0 Å². The van der Waals surface area contributed by atoms with E-state index in [1.54, 1.807) is 0 Å². The molecule has 0 aromatic heterocycles. The van der Waals surface area contributed by atoms with Gasteiger partial charge in [-0.2, -0.15) is 6.42 Å². The molecule has 0 unspecified atom stereocenters. The zero-order chi connectivity index (χ0) is 5.82. The topological polar surface area (TPSA) is 0 Å². The molecule has 0 nitrogen and oxygen atoms in total. The van der Waals surface area contributed by atoms with Crippen LogP contribution < -0.4 is 0 Å². The Hall–Kier alpha value is 0.324. The molecule has 0 saturated carbocycles. The zero-order valence-corrected chi connectivity index (χ0v) is 8.22. The maximum absolute atomic E-state index is 3.76. The molecular weight excluding hydrogens is 185 g/mol. The average Bonchev–Trinajstić information content (AvgIpc) is 1.90. The van der Waals surface area contributed by atoms with E-state index in [2.05, 4.69) is 19.1 Å². The third kappa shape index (κ3) is 3.12. The Balaban J connectivity index is 0.000000640. The molecule has 45 valence electrons. The van der Waals surface area contributed by atoms with Crippen molar-refractivity contribution in [1.29, 1.82) is 0 Å². The SMILES string of the molecule is [CH2-]Cc1ccccc1.[Y]. The number of hydrogen-bond donors (Lipinski definition) is 0. The molecule has 1 heteroatoms. The van der Waals surface area contributed by atoms with E-state index >= 15 is 0 Å². The molecular formula is C8H9Y-. The minimum absolute atomic E-state index is 0. The van der Waals surface area contributed by atoms with E-state index in [1.807, 2.05) is 18.2 Å². The van der Waals surface area contributed by atoms with Gasteiger partial charge in [-0.3, -0.25) is 0 Å². The molecule has 1 radical (unpaired) electrons. The summed E-state index contributed by atoms with van der Waals surface area (Å²) in [4.78, 5) is 0. The Bertz CT molecular complexity index is 146. The van der Waals surface area contributed by atoms with E-state index in [-0.39, 0.29) is 32.7 Å². The van der Waals surface area contributed by atoms with Gasteiger partial charge in [-0.1, -0.05) is 35.9 Å². The van der Waals surface area contributed by atoms with Crippen LogP contribution in [0.15, 0.2) is 30.3 Å². The van der Waals surface area contributed by atoms with E-state index in [9.17, 15) is 0 Å². The minimum Gasteiger partial charge on any atom is -0.339 e. The molecule has 0 atom stereocenters. The molecule has 9 heavy (non-hydrogen) atoms. The Morgan fingerprint density at radius 1 is 1.11 bits per heavy atom. The van der Waals surface area contributed by atoms with Crippen molar-refractivity contribution in [3.05, 3.63) is 42.8 Å². The van der Waals surface area contributed by atoms with Gasteiger partial charge in [0.15, 0.2) is 0 Å². The second-order valence-corrected chi connectivity index (χ2v) is 1.74. The minimum atomic E-state index is 0. The van der Waals surface area contributed by atoms with Crippen LogP contribution in [0.1, 0.15) is 5.56 Å². The van der Waals surface area contributed by atoms with Gasteiger partial charge in [-0.25, -0.2) is 0 Å². The predicted octanol–water partition coefficient (Wildman–Crippen LogP) is 2.06. The van der Waals surface area contributed by atoms with Gasteiger partial charge < -0.3 is 6.92 Å². The quantitative estimate of drug-likeness (QED) is 0.600. The third-order valence-corrected chi connectivity index (χ3v) is 1.13. The first-order valence-electron chi connectivity index (χ1n) is 2.76. The monoisotopic (exact) mass is 194 g/mol. The van der Waals surface area contributed by atoms with E-state index in [4.69, 9.17) is 0 Å². The van der Waals surface area contributed by atoms with Crippen LogP contribution in [-0.2, 0) is 39.1 Å². The first-order valence-corrected chi connectivity index (χ1v) is 2.76. The van der Waals surface area contributed by atoms with Crippen molar-refractivity contribution in [3.63, 3.8) is 0 Å². The molecule has 0 aliphatic rings. The van der Waals surface area contributed by atoms with Crippen LogP contribution in [-0.4, -0.2) is 0 Å². The van der Waals surface area contributed by atoms with Gasteiger partial charge in [0.2, 0.25) is 0 Å². The molecule has 0 N–H and O–H groups in total. The predicted molar refractivity (Wildman–Crippen MR) is 35.5 cm³/mol. The Morgan fingerprint density at radius 2 is 1.67 bits per heavy atom. The molecule has 1 rings (SSSR count). The van der Waals surface area contributed by atoms with Crippen molar-refractivity contribution in [3.8, 4) is 0 Å². The Labute approximate surface area is 81.5 Å². The molecule has 0 aliphatic carbocycles. The molecule has 1 aromatic carbocycles. The first kappa shape index (κ1) is 9.32. The molecule has 0 amide bonds.